The molecule has 0 aliphatic heterocycles. The summed E-state index contributed by atoms with van der Waals surface area (Å²) in [5.74, 6) is 0.0738. The van der Waals surface area contributed by atoms with E-state index in [1.807, 2.05) is 12.1 Å². The molecule has 96 valence electrons. The zero-order valence-corrected chi connectivity index (χ0v) is 10.5. The van der Waals surface area contributed by atoms with Crippen LogP contribution in [-0.2, 0) is 0 Å². The van der Waals surface area contributed by atoms with Crippen LogP contribution >= 0.6 is 0 Å². The van der Waals surface area contributed by atoms with Gasteiger partial charge in [-0.05, 0) is 18.2 Å². The van der Waals surface area contributed by atoms with Crippen LogP contribution in [0.25, 0.3) is 22.2 Å². The molecule has 2 heterocycles. The number of halogens is 1. The molecule has 2 aromatic heterocycles. The number of rotatable bonds is 1. The van der Waals surface area contributed by atoms with E-state index in [1.165, 1.54) is 18.4 Å². The standard InChI is InChI=1S/C14H9NO3.ClH/c16-9-4-5-10-13(7-9)18-8-11(14(10)17)12-3-1-2-6-15-12;/h1-8,16H;1H. The van der Waals surface area contributed by atoms with Crippen molar-refractivity contribution in [3.8, 4) is 17.0 Å². The van der Waals surface area contributed by atoms with Crippen LogP contribution in [0.1, 0.15) is 0 Å². The quantitative estimate of drug-likeness (QED) is 0.619. The summed E-state index contributed by atoms with van der Waals surface area (Å²) in [4.78, 5) is 15.3. The van der Waals surface area contributed by atoms with Gasteiger partial charge in [0.1, 0.15) is 23.2 Å². The Hall–Kier alpha value is -2.33. The molecule has 0 aliphatic carbocycles. The van der Waals surface area contributed by atoms with E-state index in [4.69, 9.17) is 4.42 Å². The largest absolute Gasteiger partial charge is 1.00 e. The maximum atomic E-state index is 12.3. The highest BCUT2D eigenvalue weighted by Crippen LogP contribution is 2.20. The van der Waals surface area contributed by atoms with Crippen molar-refractivity contribution in [2.75, 3.05) is 0 Å². The third kappa shape index (κ3) is 2.30. The first-order chi connectivity index (χ1) is 8.75. The van der Waals surface area contributed by atoms with Crippen molar-refractivity contribution in [3.05, 3.63) is 59.1 Å². The van der Waals surface area contributed by atoms with Crippen LogP contribution in [0.3, 0.4) is 0 Å². The predicted molar refractivity (Wildman–Crippen MR) is 66.1 cm³/mol. The van der Waals surface area contributed by atoms with Crippen LogP contribution in [0.5, 0.6) is 5.75 Å². The Bertz CT molecular complexity index is 768. The summed E-state index contributed by atoms with van der Waals surface area (Å²) < 4.78 is 5.38. The maximum Gasteiger partial charge on any atom is 0.217 e. The van der Waals surface area contributed by atoms with Gasteiger partial charge in [-0.2, -0.15) is 0 Å². The fourth-order valence-electron chi connectivity index (χ4n) is 1.86. The van der Waals surface area contributed by atoms with Gasteiger partial charge in [-0.15, -0.1) is 0 Å². The molecule has 4 nitrogen and oxygen atoms in total. The molecule has 1 aromatic carbocycles. The van der Waals surface area contributed by atoms with Crippen LogP contribution < -0.4 is 22.8 Å². The van der Waals surface area contributed by atoms with E-state index in [0.717, 1.165) is 0 Å². The van der Waals surface area contributed by atoms with Crippen molar-refractivity contribution in [1.29, 1.82) is 0 Å². The lowest BCUT2D eigenvalue weighted by Gasteiger charge is -1.99. The van der Waals surface area contributed by atoms with Gasteiger partial charge in [-0.3, -0.25) is 4.79 Å². The second-order valence-corrected chi connectivity index (χ2v) is 3.94. The maximum absolute atomic E-state index is 12.3. The molecule has 0 aliphatic rings. The first-order valence-corrected chi connectivity index (χ1v) is 5.47. The number of phenolic OH excluding ortho intramolecular Hbond substituents is 1. The molecule has 0 saturated heterocycles. The molecule has 0 radical (unpaired) electrons. The number of aromatic amines is 1. The number of phenols is 1. The Balaban J connectivity index is 0.00000133. The van der Waals surface area contributed by atoms with Gasteiger partial charge in [0.05, 0.1) is 5.39 Å². The molecule has 5 heteroatoms. The Labute approximate surface area is 114 Å². The highest BCUT2D eigenvalue weighted by Gasteiger charge is 2.13. The molecule has 19 heavy (non-hydrogen) atoms. The van der Waals surface area contributed by atoms with Gasteiger partial charge in [-0.1, -0.05) is 0 Å². The van der Waals surface area contributed by atoms with Crippen LogP contribution in [-0.4, -0.2) is 5.11 Å². The fraction of sp³-hybridized carbons (Fsp3) is 0. The number of benzene rings is 1. The highest BCUT2D eigenvalue weighted by atomic mass is 35.5. The molecule has 0 saturated carbocycles. The number of aromatic hydroxyl groups is 1. The topological polar surface area (TPSA) is 64.6 Å². The second kappa shape index (κ2) is 5.12. The number of H-pyrrole nitrogens is 1. The zero-order valence-electron chi connectivity index (χ0n) is 9.76. The molecular formula is C14H10ClNO3. The number of hydrogen-bond acceptors (Lipinski definition) is 3. The van der Waals surface area contributed by atoms with Gasteiger partial charge in [-0.25, -0.2) is 4.98 Å². The lowest BCUT2D eigenvalue weighted by Crippen LogP contribution is -3.00. The van der Waals surface area contributed by atoms with Crippen molar-refractivity contribution in [2.24, 2.45) is 0 Å². The van der Waals surface area contributed by atoms with Gasteiger partial charge in [0.25, 0.3) is 0 Å². The number of aromatic nitrogens is 1. The van der Waals surface area contributed by atoms with Crippen LogP contribution in [0.2, 0.25) is 0 Å². The normalized spacial score (nSPS) is 10.1. The Morgan fingerprint density at radius 2 is 2.00 bits per heavy atom. The molecule has 3 aromatic rings. The van der Waals surface area contributed by atoms with E-state index in [0.29, 0.717) is 22.2 Å². The van der Waals surface area contributed by atoms with E-state index in [2.05, 4.69) is 4.98 Å². The van der Waals surface area contributed by atoms with E-state index in [9.17, 15) is 9.90 Å². The summed E-state index contributed by atoms with van der Waals surface area (Å²) in [5.41, 5.74) is 1.41. The van der Waals surface area contributed by atoms with E-state index >= 15 is 0 Å². The Morgan fingerprint density at radius 1 is 1.16 bits per heavy atom. The van der Waals surface area contributed by atoms with E-state index < -0.39 is 0 Å². The summed E-state index contributed by atoms with van der Waals surface area (Å²) >= 11 is 0. The van der Waals surface area contributed by atoms with E-state index in [-0.39, 0.29) is 23.6 Å². The summed E-state index contributed by atoms with van der Waals surface area (Å²) in [6, 6.07) is 9.94. The monoisotopic (exact) mass is 275 g/mol. The summed E-state index contributed by atoms with van der Waals surface area (Å²) in [6.07, 6.45) is 3.14. The number of nitrogens with one attached hydrogen (secondary N) is 1. The van der Waals surface area contributed by atoms with Crippen molar-refractivity contribution < 1.29 is 26.9 Å². The number of fused-ring (bicyclic) bond motifs is 1. The first-order valence-electron chi connectivity index (χ1n) is 5.47. The predicted octanol–water partition coefficient (Wildman–Crippen LogP) is -1.02. The SMILES string of the molecule is O=c1c(-c2cccc[nH+]2)coc2cc(O)ccc12.[Cl-]. The smallest absolute Gasteiger partial charge is 0.217 e. The number of pyridine rings is 1. The van der Waals surface area contributed by atoms with Gasteiger partial charge < -0.3 is 21.9 Å². The van der Waals surface area contributed by atoms with Crippen LogP contribution in [0.15, 0.2) is 58.1 Å². The van der Waals surface area contributed by atoms with Crippen molar-refractivity contribution >= 4 is 11.0 Å². The van der Waals surface area contributed by atoms with Gasteiger partial charge in [0, 0.05) is 18.2 Å². The minimum atomic E-state index is -0.126. The first kappa shape index (κ1) is 13.1. The minimum Gasteiger partial charge on any atom is -1.00 e. The van der Waals surface area contributed by atoms with Crippen molar-refractivity contribution in [1.82, 2.24) is 0 Å². The molecule has 0 fully saturated rings. The molecular weight excluding hydrogens is 266 g/mol. The molecule has 0 atom stereocenters. The lowest BCUT2D eigenvalue weighted by atomic mass is 10.1. The lowest BCUT2D eigenvalue weighted by molar-refractivity contribution is -0.364. The number of hydrogen-bond donors (Lipinski definition) is 1. The average Bonchev–Trinajstić information content (AvgIpc) is 2.40. The second-order valence-electron chi connectivity index (χ2n) is 3.94. The molecule has 0 spiro atoms. The summed E-state index contributed by atoms with van der Waals surface area (Å²) in [7, 11) is 0. The zero-order chi connectivity index (χ0) is 12.5. The fourth-order valence-corrected chi connectivity index (χ4v) is 1.86. The Kier molecular flexibility index (Phi) is 3.53. The third-order valence-corrected chi connectivity index (χ3v) is 2.76. The van der Waals surface area contributed by atoms with Gasteiger partial charge >= 0.3 is 0 Å². The minimum absolute atomic E-state index is 0. The van der Waals surface area contributed by atoms with Crippen LogP contribution in [0, 0.1) is 0 Å². The Morgan fingerprint density at radius 3 is 2.74 bits per heavy atom. The molecule has 3 rings (SSSR count). The van der Waals surface area contributed by atoms with E-state index in [1.54, 1.807) is 18.3 Å². The van der Waals surface area contributed by atoms with Gasteiger partial charge in [0.15, 0.2) is 6.20 Å². The molecule has 0 amide bonds. The molecule has 0 unspecified atom stereocenters. The third-order valence-electron chi connectivity index (χ3n) is 2.76. The van der Waals surface area contributed by atoms with Crippen LogP contribution in [0.4, 0.5) is 0 Å². The average molecular weight is 276 g/mol. The highest BCUT2D eigenvalue weighted by molar-refractivity contribution is 5.81. The van der Waals surface area contributed by atoms with Crippen molar-refractivity contribution in [2.45, 2.75) is 0 Å². The summed E-state index contributed by atoms with van der Waals surface area (Å²) in [5, 5.41) is 9.79. The van der Waals surface area contributed by atoms with Gasteiger partial charge in [0.2, 0.25) is 11.1 Å². The molecule has 0 bridgehead atoms. The summed E-state index contributed by atoms with van der Waals surface area (Å²) in [6.45, 7) is 0. The molecule has 2 N–H and O–H groups in total. The van der Waals surface area contributed by atoms with Crippen molar-refractivity contribution in [3.63, 3.8) is 0 Å².